The third-order valence-electron chi connectivity index (χ3n) is 3.80. The van der Waals surface area contributed by atoms with Crippen molar-refractivity contribution < 1.29 is 23.2 Å². The molecule has 3 N–H and O–H groups in total. The summed E-state index contributed by atoms with van der Waals surface area (Å²) in [6, 6.07) is 3.85. The van der Waals surface area contributed by atoms with Crippen LogP contribution in [0.1, 0.15) is 25.7 Å². The van der Waals surface area contributed by atoms with Crippen LogP contribution in [0.4, 0.5) is 25.0 Å². The third kappa shape index (κ3) is 4.76. The first-order valence-corrected chi connectivity index (χ1v) is 7.14. The number of nitro groups is 1. The number of hydrogen-bond acceptors (Lipinski definition) is 5. The molecule has 0 aromatic heterocycles. The normalized spacial score (nSPS) is 17.5. The van der Waals surface area contributed by atoms with Crippen LogP contribution in [0.25, 0.3) is 0 Å². The van der Waals surface area contributed by atoms with Crippen molar-refractivity contribution in [1.29, 1.82) is 0 Å². The smallest absolute Gasteiger partial charge is 0.409 e. The lowest BCUT2D eigenvalue weighted by Gasteiger charge is -2.28. The molecule has 0 spiro atoms. The Kier molecular flexibility index (Phi) is 4.97. The van der Waals surface area contributed by atoms with Crippen molar-refractivity contribution in [3.63, 3.8) is 0 Å². The first-order chi connectivity index (χ1) is 10.8. The highest BCUT2D eigenvalue weighted by Gasteiger charge is 2.34. The van der Waals surface area contributed by atoms with E-state index in [4.69, 9.17) is 5.73 Å². The molecule has 23 heavy (non-hydrogen) atoms. The van der Waals surface area contributed by atoms with Gasteiger partial charge in [-0.2, -0.15) is 0 Å². The molecule has 9 heteroatoms. The Labute approximate surface area is 130 Å². The number of carbonyl (C=O) groups is 1. The monoisotopic (exact) mass is 329 g/mol. The zero-order valence-corrected chi connectivity index (χ0v) is 12.3. The molecule has 0 unspecified atom stereocenters. The number of nitro benzene ring substituents is 1. The third-order valence-corrected chi connectivity index (χ3v) is 3.80. The van der Waals surface area contributed by atoms with E-state index in [1.807, 2.05) is 0 Å². The Morgan fingerprint density at radius 3 is 2.65 bits per heavy atom. The van der Waals surface area contributed by atoms with Gasteiger partial charge in [0.1, 0.15) is 11.4 Å². The van der Waals surface area contributed by atoms with Gasteiger partial charge in [0.15, 0.2) is 0 Å². The van der Waals surface area contributed by atoms with Gasteiger partial charge in [-0.1, -0.05) is 0 Å². The van der Waals surface area contributed by atoms with E-state index in [0.717, 1.165) is 6.07 Å². The number of benzene rings is 1. The van der Waals surface area contributed by atoms with Crippen LogP contribution in [0.5, 0.6) is 5.75 Å². The molecular weight excluding hydrogens is 312 g/mol. The van der Waals surface area contributed by atoms with E-state index in [9.17, 15) is 23.7 Å². The highest BCUT2D eigenvalue weighted by Crippen LogP contribution is 2.36. The minimum Gasteiger partial charge on any atom is -0.410 e. The molecule has 1 saturated carbocycles. The van der Waals surface area contributed by atoms with Crippen LogP contribution >= 0.6 is 0 Å². The fraction of sp³-hybridized carbons (Fsp3) is 0.500. The van der Waals surface area contributed by atoms with Crippen molar-refractivity contribution in [3.8, 4) is 5.75 Å². The van der Waals surface area contributed by atoms with Gasteiger partial charge in [0.05, 0.1) is 11.0 Å². The van der Waals surface area contributed by atoms with Gasteiger partial charge in [0.2, 0.25) is 5.92 Å². The van der Waals surface area contributed by atoms with E-state index in [-0.39, 0.29) is 35.9 Å². The number of nitrogens with two attached hydrogens (primary N) is 1. The first-order valence-electron chi connectivity index (χ1n) is 7.14. The second kappa shape index (κ2) is 6.76. The van der Waals surface area contributed by atoms with E-state index in [1.54, 1.807) is 0 Å². The SMILES string of the molecule is NC(=O)Oc1ccc(NCC2CCC(F)(F)CC2)c([N+](=O)[O-])c1. The lowest BCUT2D eigenvalue weighted by Crippen LogP contribution is -2.28. The predicted molar refractivity (Wildman–Crippen MR) is 78.7 cm³/mol. The quantitative estimate of drug-likeness (QED) is 0.636. The summed E-state index contributed by atoms with van der Waals surface area (Å²) >= 11 is 0. The lowest BCUT2D eigenvalue weighted by molar-refractivity contribution is -0.384. The second-order valence-corrected chi connectivity index (χ2v) is 5.54. The Hall–Kier alpha value is -2.45. The molecule has 1 aromatic rings. The van der Waals surface area contributed by atoms with E-state index < -0.39 is 16.9 Å². The molecule has 0 heterocycles. The van der Waals surface area contributed by atoms with Gasteiger partial charge in [0, 0.05) is 19.4 Å². The molecule has 1 aliphatic carbocycles. The van der Waals surface area contributed by atoms with Gasteiger partial charge in [-0.15, -0.1) is 0 Å². The molecular formula is C14H17F2N3O4. The van der Waals surface area contributed by atoms with Crippen molar-refractivity contribution >= 4 is 17.5 Å². The van der Waals surface area contributed by atoms with Gasteiger partial charge >= 0.3 is 6.09 Å². The average Bonchev–Trinajstić information content (AvgIpc) is 2.46. The molecule has 2 rings (SSSR count). The van der Waals surface area contributed by atoms with Gasteiger partial charge in [0.25, 0.3) is 5.69 Å². The Balaban J connectivity index is 2.02. The summed E-state index contributed by atoms with van der Waals surface area (Å²) in [4.78, 5) is 21.1. The van der Waals surface area contributed by atoms with Crippen LogP contribution in [-0.4, -0.2) is 23.5 Å². The summed E-state index contributed by atoms with van der Waals surface area (Å²) in [7, 11) is 0. The minimum absolute atomic E-state index is 0.0351. The molecule has 0 saturated heterocycles. The summed E-state index contributed by atoms with van der Waals surface area (Å²) in [6.45, 7) is 0.368. The Bertz CT molecular complexity index is 600. The number of nitrogens with zero attached hydrogens (tertiary/aromatic N) is 1. The van der Waals surface area contributed by atoms with Crippen LogP contribution in [0, 0.1) is 16.0 Å². The van der Waals surface area contributed by atoms with Crippen LogP contribution in [0.2, 0.25) is 0 Å². The van der Waals surface area contributed by atoms with Gasteiger partial charge in [-0.3, -0.25) is 10.1 Å². The molecule has 7 nitrogen and oxygen atoms in total. The summed E-state index contributed by atoms with van der Waals surface area (Å²) < 4.78 is 30.8. The number of nitrogens with one attached hydrogen (secondary N) is 1. The van der Waals surface area contributed by atoms with E-state index in [2.05, 4.69) is 10.1 Å². The maximum Gasteiger partial charge on any atom is 0.409 e. The Morgan fingerprint density at radius 2 is 2.09 bits per heavy atom. The predicted octanol–water partition coefficient (Wildman–Crippen LogP) is 3.29. The summed E-state index contributed by atoms with van der Waals surface area (Å²) in [5, 5.41) is 14.0. The van der Waals surface area contributed by atoms with Gasteiger partial charge < -0.3 is 15.8 Å². The highest BCUT2D eigenvalue weighted by molar-refractivity contribution is 5.70. The number of rotatable bonds is 5. The first kappa shape index (κ1) is 16.9. The highest BCUT2D eigenvalue weighted by atomic mass is 19.3. The molecule has 1 aromatic carbocycles. The molecule has 0 atom stereocenters. The number of anilines is 1. The number of amides is 1. The number of halogens is 2. The van der Waals surface area contributed by atoms with Crippen LogP contribution in [0.15, 0.2) is 18.2 Å². The molecule has 1 amide bonds. The van der Waals surface area contributed by atoms with Crippen molar-refractivity contribution in [2.24, 2.45) is 11.7 Å². The summed E-state index contributed by atoms with van der Waals surface area (Å²) in [6.07, 6.45) is -0.643. The molecule has 1 aliphatic rings. The van der Waals surface area contributed by atoms with Gasteiger partial charge in [-0.05, 0) is 30.9 Å². The molecule has 1 fully saturated rings. The second-order valence-electron chi connectivity index (χ2n) is 5.54. The van der Waals surface area contributed by atoms with Crippen molar-refractivity contribution in [2.45, 2.75) is 31.6 Å². The number of carbonyl (C=O) groups excluding carboxylic acids is 1. The fourth-order valence-corrected chi connectivity index (χ4v) is 2.55. The standard InChI is InChI=1S/C14H17F2N3O4/c15-14(16)5-3-9(4-6-14)8-18-11-2-1-10(23-13(17)20)7-12(11)19(21)22/h1-2,7,9,18H,3-6,8H2,(H2,17,20). The number of primary amides is 1. The van der Waals surface area contributed by atoms with E-state index in [0.29, 0.717) is 19.4 Å². The molecule has 0 aliphatic heterocycles. The fourth-order valence-electron chi connectivity index (χ4n) is 2.55. The van der Waals surface area contributed by atoms with Gasteiger partial charge in [-0.25, -0.2) is 13.6 Å². The minimum atomic E-state index is -2.60. The van der Waals surface area contributed by atoms with Crippen molar-refractivity contribution in [1.82, 2.24) is 0 Å². The maximum atomic E-state index is 13.1. The Morgan fingerprint density at radius 1 is 1.43 bits per heavy atom. The number of hydrogen-bond donors (Lipinski definition) is 2. The maximum absolute atomic E-state index is 13.1. The zero-order chi connectivity index (χ0) is 17.0. The average molecular weight is 329 g/mol. The van der Waals surface area contributed by atoms with Crippen molar-refractivity contribution in [3.05, 3.63) is 28.3 Å². The molecule has 126 valence electrons. The number of ether oxygens (including phenoxy) is 1. The number of alkyl halides is 2. The lowest BCUT2D eigenvalue weighted by atomic mass is 9.87. The molecule has 0 radical (unpaired) electrons. The zero-order valence-electron chi connectivity index (χ0n) is 12.3. The van der Waals surface area contributed by atoms with E-state index in [1.165, 1.54) is 12.1 Å². The van der Waals surface area contributed by atoms with Crippen LogP contribution in [-0.2, 0) is 0 Å². The van der Waals surface area contributed by atoms with Crippen molar-refractivity contribution in [2.75, 3.05) is 11.9 Å². The topological polar surface area (TPSA) is 107 Å². The summed E-state index contributed by atoms with van der Waals surface area (Å²) in [5.74, 6) is -2.60. The van der Waals surface area contributed by atoms with E-state index >= 15 is 0 Å². The van der Waals surface area contributed by atoms with Crippen LogP contribution < -0.4 is 15.8 Å². The summed E-state index contributed by atoms with van der Waals surface area (Å²) in [5.41, 5.74) is 4.83. The molecule has 0 bridgehead atoms. The van der Waals surface area contributed by atoms with Crippen LogP contribution in [0.3, 0.4) is 0 Å². The largest absolute Gasteiger partial charge is 0.410 e.